The van der Waals surface area contributed by atoms with Crippen molar-refractivity contribution in [2.24, 2.45) is 28.1 Å². The summed E-state index contributed by atoms with van der Waals surface area (Å²) in [5.41, 5.74) is -6.11. The van der Waals surface area contributed by atoms with Crippen molar-refractivity contribution >= 4 is 23.7 Å². The van der Waals surface area contributed by atoms with Crippen molar-refractivity contribution in [3.63, 3.8) is 0 Å². The van der Waals surface area contributed by atoms with E-state index in [0.29, 0.717) is 0 Å². The van der Waals surface area contributed by atoms with Gasteiger partial charge in [-0.1, -0.05) is 45.0 Å². The number of Topliss-reactive ketones (excluding diaryl/α,β-unsaturated/α-hetero) is 1. The maximum absolute atomic E-state index is 14.1. The molecule has 1 aromatic rings. The number of aliphatic hydroxyl groups excluding tert-OH is 2. The number of carbonyl (C=O) groups excluding carboxylic acids is 4. The highest BCUT2D eigenvalue weighted by Gasteiger charge is 2.77. The first-order valence-electron chi connectivity index (χ1n) is 13.8. The van der Waals surface area contributed by atoms with E-state index in [-0.39, 0.29) is 18.4 Å². The highest BCUT2D eigenvalue weighted by molar-refractivity contribution is 5.96. The largest absolute Gasteiger partial charge is 0.459 e. The lowest BCUT2D eigenvalue weighted by Crippen LogP contribution is -2.80. The zero-order valence-corrected chi connectivity index (χ0v) is 24.3. The van der Waals surface area contributed by atoms with Crippen LogP contribution in [-0.4, -0.2) is 75.1 Å². The van der Waals surface area contributed by atoms with E-state index in [0.717, 1.165) is 6.92 Å². The molecule has 41 heavy (non-hydrogen) atoms. The van der Waals surface area contributed by atoms with E-state index in [1.807, 2.05) is 0 Å². The highest BCUT2D eigenvalue weighted by atomic mass is 16.6. The first-order valence-corrected chi connectivity index (χ1v) is 13.8. The van der Waals surface area contributed by atoms with Crippen molar-refractivity contribution in [2.45, 2.75) is 90.5 Å². The van der Waals surface area contributed by atoms with Gasteiger partial charge in [0.2, 0.25) is 0 Å². The quantitative estimate of drug-likeness (QED) is 0.272. The van der Waals surface area contributed by atoms with E-state index >= 15 is 0 Å². The normalized spacial score (nSPS) is 41.3. The Balaban J connectivity index is 1.96. The minimum Gasteiger partial charge on any atom is -0.459 e. The molecule has 0 radical (unpaired) electrons. The van der Waals surface area contributed by atoms with Gasteiger partial charge in [0.1, 0.15) is 24.4 Å². The second kappa shape index (κ2) is 10.3. The Morgan fingerprint density at radius 1 is 0.951 bits per heavy atom. The van der Waals surface area contributed by atoms with E-state index in [4.69, 9.17) is 14.2 Å². The highest BCUT2D eigenvalue weighted by Crippen LogP contribution is 2.67. The Bertz CT molecular complexity index is 1240. The molecule has 10 nitrogen and oxygen atoms in total. The zero-order valence-electron chi connectivity index (χ0n) is 24.3. The Kier molecular flexibility index (Phi) is 7.77. The first kappa shape index (κ1) is 30.9. The van der Waals surface area contributed by atoms with E-state index in [1.165, 1.54) is 25.1 Å². The van der Waals surface area contributed by atoms with Gasteiger partial charge in [-0.3, -0.25) is 14.4 Å². The summed E-state index contributed by atoms with van der Waals surface area (Å²) in [4.78, 5) is 52.0. The predicted molar refractivity (Wildman–Crippen MR) is 145 cm³/mol. The molecule has 4 rings (SSSR count). The third kappa shape index (κ3) is 4.60. The molecule has 3 saturated carbocycles. The molecule has 0 spiro atoms. The Hall–Kier alpha value is -3.08. The van der Waals surface area contributed by atoms with E-state index in [9.17, 15) is 34.5 Å². The number of fused-ring (bicyclic) bond motifs is 3. The van der Waals surface area contributed by atoms with Crippen LogP contribution in [0.25, 0.3) is 0 Å². The fourth-order valence-electron chi connectivity index (χ4n) is 8.15. The monoisotopic (exact) mass is 572 g/mol. The van der Waals surface area contributed by atoms with E-state index in [1.54, 1.807) is 45.9 Å². The van der Waals surface area contributed by atoms with Gasteiger partial charge in [-0.05, 0) is 37.8 Å². The second-order valence-electron chi connectivity index (χ2n) is 12.8. The Morgan fingerprint density at radius 2 is 1.54 bits per heavy atom. The SMILES string of the molecule is C=C[C@@]1(C)C[C@@H](O)[C@@H]2[C@@](O)(C1=O)[C@H](OC(C)=O)C[C@H]1C(C)(C)[C@H](OC(C)=O)[C@H](O)[C@H](OC(=O)c3ccccc3)[C@@]21C. The fourth-order valence-corrected chi connectivity index (χ4v) is 8.15. The standard InChI is InChI=1S/C31H40O10/c1-8-29(6)15-19(34)23-30(7)20(14-21(39-16(2)32)31(23,38)27(29)37)28(4,5)24(40-17(3)33)22(35)25(30)41-26(36)18-12-10-9-11-13-18/h8-13,19-25,34-35,38H,1,14-15H2,2-7H3/t19-,20+,21-,22+,23+,24-,25+,29+,30-,31-/m1/s1. The summed E-state index contributed by atoms with van der Waals surface area (Å²) in [5, 5.41) is 35.9. The molecule has 10 atom stereocenters. The summed E-state index contributed by atoms with van der Waals surface area (Å²) < 4.78 is 17.2. The van der Waals surface area contributed by atoms with Crippen molar-refractivity contribution in [3.05, 3.63) is 48.6 Å². The van der Waals surface area contributed by atoms with Gasteiger partial charge in [0.05, 0.1) is 11.7 Å². The number of ether oxygens (including phenoxy) is 3. The van der Waals surface area contributed by atoms with Crippen molar-refractivity contribution in [3.8, 4) is 0 Å². The summed E-state index contributed by atoms with van der Waals surface area (Å²) in [6.45, 7) is 12.8. The molecular weight excluding hydrogens is 532 g/mol. The van der Waals surface area contributed by atoms with Crippen LogP contribution in [0.5, 0.6) is 0 Å². The van der Waals surface area contributed by atoms with Crippen molar-refractivity contribution in [2.75, 3.05) is 0 Å². The molecule has 10 heteroatoms. The lowest BCUT2D eigenvalue weighted by molar-refractivity contribution is -0.313. The third-order valence-electron chi connectivity index (χ3n) is 9.90. The number of hydrogen-bond donors (Lipinski definition) is 3. The van der Waals surface area contributed by atoms with Crippen LogP contribution in [0.2, 0.25) is 0 Å². The van der Waals surface area contributed by atoms with Gasteiger partial charge in [-0.25, -0.2) is 4.79 Å². The molecule has 0 aromatic heterocycles. The number of allylic oxidation sites excluding steroid dienone is 1. The van der Waals surface area contributed by atoms with Gasteiger partial charge < -0.3 is 29.5 Å². The minimum atomic E-state index is -2.42. The molecule has 3 aliphatic carbocycles. The van der Waals surface area contributed by atoms with Crippen LogP contribution in [0.4, 0.5) is 0 Å². The predicted octanol–water partition coefficient (Wildman–Crippen LogP) is 2.38. The maximum Gasteiger partial charge on any atom is 0.338 e. The van der Waals surface area contributed by atoms with Crippen LogP contribution in [0.3, 0.4) is 0 Å². The van der Waals surface area contributed by atoms with Gasteiger partial charge in [0.15, 0.2) is 11.4 Å². The smallest absolute Gasteiger partial charge is 0.338 e. The summed E-state index contributed by atoms with van der Waals surface area (Å²) in [6.07, 6.45) is -5.82. The molecule has 0 amide bonds. The summed E-state index contributed by atoms with van der Waals surface area (Å²) in [7, 11) is 0. The Labute approximate surface area is 239 Å². The number of hydrogen-bond acceptors (Lipinski definition) is 10. The van der Waals surface area contributed by atoms with Gasteiger partial charge in [0.25, 0.3) is 0 Å². The molecule has 0 aliphatic heterocycles. The number of benzene rings is 1. The lowest BCUT2D eigenvalue weighted by Gasteiger charge is -2.68. The minimum absolute atomic E-state index is 0.106. The number of esters is 3. The van der Waals surface area contributed by atoms with Crippen LogP contribution >= 0.6 is 0 Å². The number of carbonyl (C=O) groups is 4. The molecule has 0 bridgehead atoms. The van der Waals surface area contributed by atoms with Crippen molar-refractivity contribution < 1.29 is 48.7 Å². The fraction of sp³-hybridized carbons (Fsp3) is 0.613. The molecule has 0 heterocycles. The van der Waals surface area contributed by atoms with Gasteiger partial charge in [-0.2, -0.15) is 0 Å². The van der Waals surface area contributed by atoms with Crippen molar-refractivity contribution in [1.82, 2.24) is 0 Å². The first-order chi connectivity index (χ1) is 19.0. The molecule has 3 aliphatic rings. The van der Waals surface area contributed by atoms with Crippen LogP contribution in [0.15, 0.2) is 43.0 Å². The summed E-state index contributed by atoms with van der Waals surface area (Å²) in [6, 6.07) is 8.08. The van der Waals surface area contributed by atoms with E-state index in [2.05, 4.69) is 6.58 Å². The number of aliphatic hydroxyl groups is 3. The average molecular weight is 573 g/mol. The lowest BCUT2D eigenvalue weighted by atomic mass is 9.39. The van der Waals surface area contributed by atoms with Gasteiger partial charge in [-0.15, -0.1) is 6.58 Å². The molecular formula is C31H40O10. The number of rotatable bonds is 5. The van der Waals surface area contributed by atoms with E-state index < -0.39 is 87.9 Å². The Morgan fingerprint density at radius 3 is 2.07 bits per heavy atom. The topological polar surface area (TPSA) is 157 Å². The van der Waals surface area contributed by atoms with Crippen LogP contribution in [0.1, 0.15) is 64.7 Å². The second-order valence-corrected chi connectivity index (χ2v) is 12.8. The zero-order chi connectivity index (χ0) is 30.7. The molecule has 3 N–H and O–H groups in total. The maximum atomic E-state index is 14.1. The molecule has 1 aromatic carbocycles. The summed E-state index contributed by atoms with van der Waals surface area (Å²) >= 11 is 0. The third-order valence-corrected chi connectivity index (χ3v) is 9.90. The summed E-state index contributed by atoms with van der Waals surface area (Å²) in [5.74, 6) is -4.92. The van der Waals surface area contributed by atoms with Gasteiger partial charge in [0, 0.05) is 36.0 Å². The van der Waals surface area contributed by atoms with Crippen molar-refractivity contribution in [1.29, 1.82) is 0 Å². The molecule has 3 fully saturated rings. The molecule has 224 valence electrons. The van der Waals surface area contributed by atoms with Gasteiger partial charge >= 0.3 is 17.9 Å². The molecule has 0 saturated heterocycles. The molecule has 0 unspecified atom stereocenters. The van der Waals surface area contributed by atoms with Crippen LogP contribution in [-0.2, 0) is 28.6 Å². The van der Waals surface area contributed by atoms with Crippen LogP contribution < -0.4 is 0 Å². The average Bonchev–Trinajstić information content (AvgIpc) is 2.89. The number of ketones is 1. The van der Waals surface area contributed by atoms with Crippen LogP contribution in [0, 0.1) is 28.1 Å².